The normalized spacial score (nSPS) is 14.5. The Bertz CT molecular complexity index is 919. The molecular formula is C24H26N2O3. The summed E-state index contributed by atoms with van der Waals surface area (Å²) >= 11 is 0. The molecule has 1 aliphatic heterocycles. The van der Waals surface area contributed by atoms with Crippen LogP contribution in [0.4, 0.5) is 0 Å². The van der Waals surface area contributed by atoms with Gasteiger partial charge in [0.2, 0.25) is 5.91 Å². The number of hydrogen-bond donors (Lipinski definition) is 1. The van der Waals surface area contributed by atoms with Crippen LogP contribution in [-0.4, -0.2) is 49.1 Å². The summed E-state index contributed by atoms with van der Waals surface area (Å²) in [5.41, 5.74) is 3.52. The highest BCUT2D eigenvalue weighted by Crippen LogP contribution is 2.11. The third kappa shape index (κ3) is 6.20. The molecule has 0 bridgehead atoms. The first-order chi connectivity index (χ1) is 14.0. The van der Waals surface area contributed by atoms with Crippen LogP contribution in [0.25, 0.3) is 0 Å². The minimum Gasteiger partial charge on any atom is -0.378 e. The summed E-state index contributed by atoms with van der Waals surface area (Å²) < 4.78 is 5.31. The van der Waals surface area contributed by atoms with Crippen LogP contribution in [0, 0.1) is 11.8 Å². The first-order valence-corrected chi connectivity index (χ1v) is 9.86. The highest BCUT2D eigenvalue weighted by atomic mass is 16.5. The minimum atomic E-state index is -0.0191. The average Bonchev–Trinajstić information content (AvgIpc) is 2.73. The van der Waals surface area contributed by atoms with Gasteiger partial charge in [0.25, 0.3) is 5.91 Å². The van der Waals surface area contributed by atoms with E-state index in [0.717, 1.165) is 23.1 Å². The van der Waals surface area contributed by atoms with E-state index >= 15 is 0 Å². The summed E-state index contributed by atoms with van der Waals surface area (Å²) in [5.74, 6) is 6.30. The maximum Gasteiger partial charge on any atom is 0.254 e. The van der Waals surface area contributed by atoms with Crippen molar-refractivity contribution < 1.29 is 14.3 Å². The monoisotopic (exact) mass is 390 g/mol. The number of ether oxygens (including phenoxy) is 1. The molecule has 1 N–H and O–H groups in total. The zero-order chi connectivity index (χ0) is 20.6. The lowest BCUT2D eigenvalue weighted by molar-refractivity contribution is -0.119. The second-order valence-corrected chi connectivity index (χ2v) is 7.24. The van der Waals surface area contributed by atoms with Crippen molar-refractivity contribution in [3.8, 4) is 11.8 Å². The number of carbonyl (C=O) groups is 2. The molecule has 1 atom stereocenters. The molecule has 2 aromatic rings. The van der Waals surface area contributed by atoms with Gasteiger partial charge in [0.15, 0.2) is 0 Å². The van der Waals surface area contributed by atoms with E-state index in [2.05, 4.69) is 17.2 Å². The van der Waals surface area contributed by atoms with E-state index < -0.39 is 0 Å². The Morgan fingerprint density at radius 2 is 1.76 bits per heavy atom. The summed E-state index contributed by atoms with van der Waals surface area (Å²) in [7, 11) is 0. The molecule has 0 spiro atoms. The number of hydrogen-bond acceptors (Lipinski definition) is 3. The highest BCUT2D eigenvalue weighted by molar-refractivity contribution is 5.94. The molecule has 0 radical (unpaired) electrons. The van der Waals surface area contributed by atoms with Gasteiger partial charge in [0, 0.05) is 42.7 Å². The maximum atomic E-state index is 12.6. The second kappa shape index (κ2) is 9.90. The molecule has 2 amide bonds. The Morgan fingerprint density at radius 1 is 1.07 bits per heavy atom. The van der Waals surface area contributed by atoms with E-state index in [1.807, 2.05) is 60.4 Å². The molecule has 1 fully saturated rings. The zero-order valence-corrected chi connectivity index (χ0v) is 16.9. The number of morpholine rings is 1. The van der Waals surface area contributed by atoms with Crippen molar-refractivity contribution in [1.82, 2.24) is 10.2 Å². The molecule has 0 aromatic heterocycles. The number of rotatable bonds is 4. The third-order valence-corrected chi connectivity index (χ3v) is 4.70. The van der Waals surface area contributed by atoms with Crippen LogP contribution < -0.4 is 5.32 Å². The molecule has 3 rings (SSSR count). The van der Waals surface area contributed by atoms with E-state index in [1.165, 1.54) is 6.92 Å². The van der Waals surface area contributed by atoms with Crippen LogP contribution in [-0.2, 0) is 16.0 Å². The molecule has 1 aliphatic rings. The SMILES string of the molecule is CC(=O)NC(C)Cc1ccc(C#Cc2cccc(C(=O)N3CCOCC3)c2)cc1. The standard InChI is InChI=1S/C24H26N2O3/c1-18(25-19(2)27)16-22-10-7-20(8-11-22)6-9-21-4-3-5-23(17-21)24(28)26-12-14-29-15-13-26/h3-5,7-8,10-11,17-18H,12-16H2,1-2H3,(H,25,27). The van der Waals surface area contributed by atoms with E-state index in [9.17, 15) is 9.59 Å². The second-order valence-electron chi connectivity index (χ2n) is 7.24. The molecule has 5 nitrogen and oxygen atoms in total. The zero-order valence-electron chi connectivity index (χ0n) is 16.9. The van der Waals surface area contributed by atoms with Crippen molar-refractivity contribution in [2.45, 2.75) is 26.3 Å². The molecule has 1 heterocycles. The lowest BCUT2D eigenvalue weighted by Gasteiger charge is -2.26. The fourth-order valence-electron chi connectivity index (χ4n) is 3.30. The quantitative estimate of drug-likeness (QED) is 0.817. The molecular weight excluding hydrogens is 364 g/mol. The Balaban J connectivity index is 1.65. The van der Waals surface area contributed by atoms with Gasteiger partial charge in [0.1, 0.15) is 0 Å². The fourth-order valence-corrected chi connectivity index (χ4v) is 3.30. The van der Waals surface area contributed by atoms with Gasteiger partial charge in [-0.25, -0.2) is 0 Å². The Hall–Kier alpha value is -3.10. The van der Waals surface area contributed by atoms with Gasteiger partial charge in [0.05, 0.1) is 13.2 Å². The number of nitrogens with zero attached hydrogens (tertiary/aromatic N) is 1. The minimum absolute atomic E-state index is 0.0191. The molecule has 1 unspecified atom stereocenters. The smallest absolute Gasteiger partial charge is 0.254 e. The van der Waals surface area contributed by atoms with E-state index in [0.29, 0.717) is 31.9 Å². The Kier molecular flexibility index (Phi) is 7.04. The van der Waals surface area contributed by atoms with Crippen LogP contribution in [0.3, 0.4) is 0 Å². The van der Waals surface area contributed by atoms with Crippen molar-refractivity contribution in [3.63, 3.8) is 0 Å². The number of nitrogens with one attached hydrogen (secondary N) is 1. The van der Waals surface area contributed by atoms with Gasteiger partial charge in [-0.1, -0.05) is 30.0 Å². The summed E-state index contributed by atoms with van der Waals surface area (Å²) in [4.78, 5) is 25.5. The van der Waals surface area contributed by atoms with Gasteiger partial charge in [-0.05, 0) is 49.2 Å². The van der Waals surface area contributed by atoms with Crippen LogP contribution >= 0.6 is 0 Å². The average molecular weight is 390 g/mol. The lowest BCUT2D eigenvalue weighted by Crippen LogP contribution is -2.40. The molecule has 29 heavy (non-hydrogen) atoms. The number of benzene rings is 2. The molecule has 1 saturated heterocycles. The topological polar surface area (TPSA) is 58.6 Å². The maximum absolute atomic E-state index is 12.6. The van der Waals surface area contributed by atoms with E-state index in [4.69, 9.17) is 4.74 Å². The van der Waals surface area contributed by atoms with Crippen molar-refractivity contribution in [2.24, 2.45) is 0 Å². The molecule has 5 heteroatoms. The van der Waals surface area contributed by atoms with Crippen molar-refractivity contribution >= 4 is 11.8 Å². The largest absolute Gasteiger partial charge is 0.378 e. The van der Waals surface area contributed by atoms with Gasteiger partial charge in [-0.15, -0.1) is 0 Å². The van der Waals surface area contributed by atoms with Crippen LogP contribution in [0.2, 0.25) is 0 Å². The predicted octanol–water partition coefficient (Wildman–Crippen LogP) is 2.63. The molecule has 150 valence electrons. The van der Waals surface area contributed by atoms with Gasteiger partial charge < -0.3 is 15.0 Å². The van der Waals surface area contributed by atoms with E-state index in [-0.39, 0.29) is 17.9 Å². The number of carbonyl (C=O) groups excluding carboxylic acids is 2. The van der Waals surface area contributed by atoms with Crippen molar-refractivity contribution in [3.05, 3.63) is 70.8 Å². The van der Waals surface area contributed by atoms with Gasteiger partial charge >= 0.3 is 0 Å². The van der Waals surface area contributed by atoms with Crippen LogP contribution in [0.15, 0.2) is 48.5 Å². The summed E-state index contributed by atoms with van der Waals surface area (Å²) in [6, 6.07) is 15.5. The molecule has 0 aliphatic carbocycles. The Labute approximate surface area is 172 Å². The highest BCUT2D eigenvalue weighted by Gasteiger charge is 2.18. The summed E-state index contributed by atoms with van der Waals surface area (Å²) in [5, 5.41) is 2.89. The predicted molar refractivity (Wildman–Crippen MR) is 113 cm³/mol. The van der Waals surface area contributed by atoms with E-state index in [1.54, 1.807) is 0 Å². The Morgan fingerprint density at radius 3 is 2.45 bits per heavy atom. The summed E-state index contributed by atoms with van der Waals surface area (Å²) in [6.07, 6.45) is 0.777. The fraction of sp³-hybridized carbons (Fsp3) is 0.333. The lowest BCUT2D eigenvalue weighted by atomic mass is 10.0. The van der Waals surface area contributed by atoms with Crippen molar-refractivity contribution in [1.29, 1.82) is 0 Å². The summed E-state index contributed by atoms with van der Waals surface area (Å²) in [6.45, 7) is 5.94. The van der Waals surface area contributed by atoms with Crippen LogP contribution in [0.5, 0.6) is 0 Å². The third-order valence-electron chi connectivity index (χ3n) is 4.70. The first kappa shape index (κ1) is 20.6. The first-order valence-electron chi connectivity index (χ1n) is 9.86. The number of amides is 2. The molecule has 2 aromatic carbocycles. The van der Waals surface area contributed by atoms with Gasteiger partial charge in [-0.3, -0.25) is 9.59 Å². The van der Waals surface area contributed by atoms with Crippen molar-refractivity contribution in [2.75, 3.05) is 26.3 Å². The van der Waals surface area contributed by atoms with Gasteiger partial charge in [-0.2, -0.15) is 0 Å². The molecule has 0 saturated carbocycles. The van der Waals surface area contributed by atoms with Crippen LogP contribution in [0.1, 0.15) is 40.9 Å².